The van der Waals surface area contributed by atoms with Gasteiger partial charge in [0.25, 0.3) is 0 Å². The standard InChI is InChI=1S/C22H27N3O3/c1-16-8-9-17(2)18(12-16)14-24-10-5-11-25(22(24)27)20-7-4-6-19(13-20)23-21(26)15-28-3/h4,6-9,12-13H,5,10-11,14-15H2,1-3H3,(H,23,26). The van der Waals surface area contributed by atoms with Crippen LogP contribution < -0.4 is 10.2 Å². The van der Waals surface area contributed by atoms with Crippen LogP contribution in [0.4, 0.5) is 16.2 Å². The highest BCUT2D eigenvalue weighted by Crippen LogP contribution is 2.25. The third-order valence-corrected chi connectivity index (χ3v) is 4.89. The van der Waals surface area contributed by atoms with Gasteiger partial charge in [-0.3, -0.25) is 9.69 Å². The van der Waals surface area contributed by atoms with Crippen molar-refractivity contribution in [2.75, 3.05) is 37.0 Å². The van der Waals surface area contributed by atoms with Gasteiger partial charge >= 0.3 is 6.03 Å². The number of methoxy groups -OCH3 is 1. The minimum atomic E-state index is -0.221. The molecule has 0 unspecified atom stereocenters. The number of anilines is 2. The molecule has 3 rings (SSSR count). The summed E-state index contributed by atoms with van der Waals surface area (Å²) in [7, 11) is 1.48. The van der Waals surface area contributed by atoms with Crippen molar-refractivity contribution >= 4 is 23.3 Å². The molecule has 148 valence electrons. The van der Waals surface area contributed by atoms with E-state index in [-0.39, 0.29) is 18.5 Å². The van der Waals surface area contributed by atoms with Gasteiger partial charge in [0, 0.05) is 38.1 Å². The maximum Gasteiger partial charge on any atom is 0.324 e. The molecular formula is C22H27N3O3. The fourth-order valence-electron chi connectivity index (χ4n) is 3.42. The fraction of sp³-hybridized carbons (Fsp3) is 0.364. The first kappa shape index (κ1) is 19.9. The number of ether oxygens (including phenoxy) is 1. The first-order chi connectivity index (χ1) is 13.5. The number of hydrogen-bond acceptors (Lipinski definition) is 3. The van der Waals surface area contributed by atoms with Crippen molar-refractivity contribution in [3.63, 3.8) is 0 Å². The van der Waals surface area contributed by atoms with Crippen molar-refractivity contribution in [3.8, 4) is 0 Å². The summed E-state index contributed by atoms with van der Waals surface area (Å²) in [4.78, 5) is 28.5. The molecule has 2 aromatic carbocycles. The average molecular weight is 381 g/mol. The van der Waals surface area contributed by atoms with E-state index in [0.29, 0.717) is 18.8 Å². The Morgan fingerprint density at radius 2 is 1.96 bits per heavy atom. The Morgan fingerprint density at radius 3 is 2.75 bits per heavy atom. The highest BCUT2D eigenvalue weighted by atomic mass is 16.5. The summed E-state index contributed by atoms with van der Waals surface area (Å²) in [5, 5.41) is 2.79. The van der Waals surface area contributed by atoms with Gasteiger partial charge in [0.2, 0.25) is 5.91 Å². The molecular weight excluding hydrogens is 354 g/mol. The van der Waals surface area contributed by atoms with E-state index in [1.54, 1.807) is 11.0 Å². The van der Waals surface area contributed by atoms with Crippen LogP contribution in [0, 0.1) is 13.8 Å². The zero-order chi connectivity index (χ0) is 20.1. The van der Waals surface area contributed by atoms with Crippen LogP contribution in [-0.4, -0.2) is 43.6 Å². The fourth-order valence-corrected chi connectivity index (χ4v) is 3.42. The SMILES string of the molecule is COCC(=O)Nc1cccc(N2CCCN(Cc3cc(C)ccc3C)C2=O)c1. The van der Waals surface area contributed by atoms with Gasteiger partial charge in [0.15, 0.2) is 0 Å². The molecule has 6 nitrogen and oxygen atoms in total. The Morgan fingerprint density at radius 1 is 1.14 bits per heavy atom. The van der Waals surface area contributed by atoms with Gasteiger partial charge in [0.1, 0.15) is 6.61 Å². The highest BCUT2D eigenvalue weighted by molar-refractivity contribution is 5.95. The number of hydrogen-bond donors (Lipinski definition) is 1. The third kappa shape index (κ3) is 4.70. The quantitative estimate of drug-likeness (QED) is 0.830. The summed E-state index contributed by atoms with van der Waals surface area (Å²) in [5.74, 6) is -0.221. The lowest BCUT2D eigenvalue weighted by Gasteiger charge is -2.36. The van der Waals surface area contributed by atoms with Gasteiger partial charge in [-0.2, -0.15) is 0 Å². The van der Waals surface area contributed by atoms with Gasteiger partial charge in [0.05, 0.1) is 0 Å². The van der Waals surface area contributed by atoms with Crippen molar-refractivity contribution in [1.82, 2.24) is 4.90 Å². The van der Waals surface area contributed by atoms with Gasteiger partial charge in [-0.05, 0) is 49.6 Å². The number of amides is 3. The Bertz CT molecular complexity index is 866. The molecule has 0 radical (unpaired) electrons. The van der Waals surface area contributed by atoms with Crippen LogP contribution >= 0.6 is 0 Å². The van der Waals surface area contributed by atoms with Gasteiger partial charge in [-0.25, -0.2) is 4.79 Å². The number of carbonyl (C=O) groups excluding carboxylic acids is 2. The summed E-state index contributed by atoms with van der Waals surface area (Å²) in [6.07, 6.45) is 0.900. The van der Waals surface area contributed by atoms with E-state index in [1.807, 2.05) is 23.1 Å². The number of nitrogens with one attached hydrogen (secondary N) is 1. The van der Waals surface area contributed by atoms with Crippen LogP contribution in [0.5, 0.6) is 0 Å². The van der Waals surface area contributed by atoms with Crippen molar-refractivity contribution in [1.29, 1.82) is 0 Å². The predicted octanol–water partition coefficient (Wildman–Crippen LogP) is 3.72. The molecule has 1 heterocycles. The lowest BCUT2D eigenvalue weighted by molar-refractivity contribution is -0.119. The zero-order valence-corrected chi connectivity index (χ0v) is 16.7. The van der Waals surface area contributed by atoms with E-state index in [9.17, 15) is 9.59 Å². The summed E-state index contributed by atoms with van der Waals surface area (Å²) in [6.45, 7) is 6.15. The number of urea groups is 1. The number of nitrogens with zero attached hydrogens (tertiary/aromatic N) is 2. The maximum absolute atomic E-state index is 13.1. The number of benzene rings is 2. The normalized spacial score (nSPS) is 14.3. The van der Waals surface area contributed by atoms with Gasteiger partial charge < -0.3 is 15.0 Å². The maximum atomic E-state index is 13.1. The molecule has 0 aromatic heterocycles. The predicted molar refractivity (Wildman–Crippen MR) is 111 cm³/mol. The lowest BCUT2D eigenvalue weighted by Crippen LogP contribution is -2.49. The van der Waals surface area contributed by atoms with Crippen LogP contribution in [0.3, 0.4) is 0 Å². The Kier molecular flexibility index (Phi) is 6.31. The van der Waals surface area contributed by atoms with E-state index in [2.05, 4.69) is 37.4 Å². The summed E-state index contributed by atoms with van der Waals surface area (Å²) < 4.78 is 4.84. The smallest absolute Gasteiger partial charge is 0.324 e. The van der Waals surface area contributed by atoms with Gasteiger partial charge in [-0.1, -0.05) is 29.8 Å². The zero-order valence-electron chi connectivity index (χ0n) is 16.7. The van der Waals surface area contributed by atoms with E-state index in [0.717, 1.165) is 18.7 Å². The monoisotopic (exact) mass is 381 g/mol. The second-order valence-electron chi connectivity index (χ2n) is 7.17. The second kappa shape index (κ2) is 8.89. The average Bonchev–Trinajstić information content (AvgIpc) is 2.66. The number of carbonyl (C=O) groups is 2. The summed E-state index contributed by atoms with van der Waals surface area (Å²) in [5.41, 5.74) is 5.00. The molecule has 28 heavy (non-hydrogen) atoms. The lowest BCUT2D eigenvalue weighted by atomic mass is 10.0. The number of aryl methyl sites for hydroxylation is 2. The molecule has 1 aliphatic rings. The second-order valence-corrected chi connectivity index (χ2v) is 7.17. The Balaban J connectivity index is 1.75. The molecule has 1 saturated heterocycles. The minimum Gasteiger partial charge on any atom is -0.375 e. The molecule has 0 saturated carbocycles. The molecule has 1 N–H and O–H groups in total. The van der Waals surface area contributed by atoms with Gasteiger partial charge in [-0.15, -0.1) is 0 Å². The van der Waals surface area contributed by atoms with Crippen molar-refractivity contribution in [2.45, 2.75) is 26.8 Å². The molecule has 1 fully saturated rings. The van der Waals surface area contributed by atoms with E-state index >= 15 is 0 Å². The van der Waals surface area contributed by atoms with Crippen LogP contribution in [0.15, 0.2) is 42.5 Å². The molecule has 0 atom stereocenters. The molecule has 3 amide bonds. The minimum absolute atomic E-state index is 0.00348. The molecule has 0 bridgehead atoms. The van der Waals surface area contributed by atoms with Crippen molar-refractivity contribution in [2.24, 2.45) is 0 Å². The molecule has 6 heteroatoms. The highest BCUT2D eigenvalue weighted by Gasteiger charge is 2.27. The first-order valence-corrected chi connectivity index (χ1v) is 9.49. The van der Waals surface area contributed by atoms with E-state index in [4.69, 9.17) is 4.74 Å². The summed E-state index contributed by atoms with van der Waals surface area (Å²) >= 11 is 0. The van der Waals surface area contributed by atoms with Crippen LogP contribution in [0.2, 0.25) is 0 Å². The van der Waals surface area contributed by atoms with Crippen molar-refractivity contribution in [3.05, 3.63) is 59.2 Å². The number of rotatable bonds is 6. The van der Waals surface area contributed by atoms with E-state index in [1.165, 1.54) is 23.8 Å². The van der Waals surface area contributed by atoms with Crippen LogP contribution in [0.1, 0.15) is 23.1 Å². The summed E-state index contributed by atoms with van der Waals surface area (Å²) in [6, 6.07) is 13.7. The van der Waals surface area contributed by atoms with Crippen LogP contribution in [-0.2, 0) is 16.1 Å². The molecule has 2 aromatic rings. The van der Waals surface area contributed by atoms with E-state index < -0.39 is 0 Å². The van der Waals surface area contributed by atoms with Crippen LogP contribution in [0.25, 0.3) is 0 Å². The first-order valence-electron chi connectivity index (χ1n) is 9.49. The largest absolute Gasteiger partial charge is 0.375 e. The van der Waals surface area contributed by atoms with Crippen molar-refractivity contribution < 1.29 is 14.3 Å². The molecule has 0 aliphatic carbocycles. The molecule has 0 spiro atoms. The Labute approximate surface area is 166 Å². The molecule has 1 aliphatic heterocycles. The topological polar surface area (TPSA) is 61.9 Å². The Hall–Kier alpha value is -2.86. The third-order valence-electron chi connectivity index (χ3n) is 4.89.